The molecule has 3 nitrogen and oxygen atoms in total. The molecule has 0 heterocycles. The lowest BCUT2D eigenvalue weighted by atomic mass is 9.79. The molecule has 70 valence electrons. The van der Waals surface area contributed by atoms with Crippen LogP contribution in [-0.2, 0) is 0 Å². The van der Waals surface area contributed by atoms with Gasteiger partial charge in [0.1, 0.15) is 0 Å². The highest BCUT2D eigenvalue weighted by Gasteiger charge is 2.10. The zero-order valence-corrected chi connectivity index (χ0v) is 7.51. The molecule has 0 aromatic heterocycles. The summed E-state index contributed by atoms with van der Waals surface area (Å²) < 4.78 is 0. The third kappa shape index (κ3) is 1.57. The van der Waals surface area contributed by atoms with Gasteiger partial charge in [-0.1, -0.05) is 24.3 Å². The summed E-state index contributed by atoms with van der Waals surface area (Å²) in [6, 6.07) is 10.7. The Kier molecular flexibility index (Phi) is 2.15. The molecule has 0 saturated heterocycles. The molecule has 0 spiro atoms. The summed E-state index contributed by atoms with van der Waals surface area (Å²) in [7, 11) is -1.42. The van der Waals surface area contributed by atoms with Gasteiger partial charge in [0.25, 0.3) is 0 Å². The van der Waals surface area contributed by atoms with Gasteiger partial charge in [0.05, 0.1) is 0 Å². The van der Waals surface area contributed by atoms with E-state index in [0.29, 0.717) is 11.2 Å². The molecule has 2 aromatic carbocycles. The molecule has 2 aromatic rings. The van der Waals surface area contributed by atoms with E-state index in [0.717, 1.165) is 10.8 Å². The van der Waals surface area contributed by atoms with Crippen molar-refractivity contribution in [2.75, 3.05) is 5.73 Å². The van der Waals surface area contributed by atoms with Gasteiger partial charge >= 0.3 is 7.12 Å². The maximum Gasteiger partial charge on any atom is 0.488 e. The molecule has 0 bridgehead atoms. The van der Waals surface area contributed by atoms with Gasteiger partial charge in [-0.15, -0.1) is 0 Å². The molecule has 0 atom stereocenters. The van der Waals surface area contributed by atoms with Crippen LogP contribution in [0.4, 0.5) is 5.69 Å². The van der Waals surface area contributed by atoms with Crippen LogP contribution < -0.4 is 11.2 Å². The van der Waals surface area contributed by atoms with Crippen molar-refractivity contribution in [2.24, 2.45) is 0 Å². The van der Waals surface area contributed by atoms with E-state index in [1.54, 1.807) is 18.2 Å². The topological polar surface area (TPSA) is 66.5 Å². The number of hydrogen-bond donors (Lipinski definition) is 3. The minimum absolute atomic E-state index is 0.488. The van der Waals surface area contributed by atoms with Gasteiger partial charge < -0.3 is 15.8 Å². The summed E-state index contributed by atoms with van der Waals surface area (Å²) in [5.74, 6) is 0. The summed E-state index contributed by atoms with van der Waals surface area (Å²) in [6.07, 6.45) is 0. The van der Waals surface area contributed by atoms with Crippen LogP contribution in [0.25, 0.3) is 10.8 Å². The van der Waals surface area contributed by atoms with E-state index in [2.05, 4.69) is 0 Å². The second-order valence-corrected chi connectivity index (χ2v) is 3.24. The molecular formula is C10H10BNO2. The Balaban J connectivity index is 2.62. The molecule has 0 aliphatic rings. The standard InChI is InChI=1S/C10H10BNO2/c12-10-4-2-7-5-9(11(13)14)3-1-8(7)6-10/h1-6,13-14H,12H2. The third-order valence-electron chi connectivity index (χ3n) is 2.19. The molecule has 0 saturated carbocycles. The van der Waals surface area contributed by atoms with Crippen molar-refractivity contribution in [3.8, 4) is 0 Å². The summed E-state index contributed by atoms with van der Waals surface area (Å²) in [4.78, 5) is 0. The van der Waals surface area contributed by atoms with Crippen molar-refractivity contribution >= 4 is 29.0 Å². The van der Waals surface area contributed by atoms with Crippen molar-refractivity contribution in [1.82, 2.24) is 0 Å². The van der Waals surface area contributed by atoms with Crippen molar-refractivity contribution < 1.29 is 10.0 Å². The van der Waals surface area contributed by atoms with Crippen LogP contribution in [0.1, 0.15) is 0 Å². The second-order valence-electron chi connectivity index (χ2n) is 3.24. The lowest BCUT2D eigenvalue weighted by Crippen LogP contribution is -2.29. The van der Waals surface area contributed by atoms with Crippen molar-refractivity contribution in [3.05, 3.63) is 36.4 Å². The monoisotopic (exact) mass is 187 g/mol. The highest BCUT2D eigenvalue weighted by molar-refractivity contribution is 6.58. The van der Waals surface area contributed by atoms with Crippen LogP contribution in [0.3, 0.4) is 0 Å². The zero-order valence-electron chi connectivity index (χ0n) is 7.51. The van der Waals surface area contributed by atoms with Crippen molar-refractivity contribution in [2.45, 2.75) is 0 Å². The molecule has 0 unspecified atom stereocenters. The Labute approximate surface area is 81.9 Å². The van der Waals surface area contributed by atoms with Crippen molar-refractivity contribution in [3.63, 3.8) is 0 Å². The highest BCUT2D eigenvalue weighted by Crippen LogP contribution is 2.15. The molecule has 0 aliphatic heterocycles. The normalized spacial score (nSPS) is 10.4. The number of fused-ring (bicyclic) bond motifs is 1. The molecule has 0 aliphatic carbocycles. The number of hydrogen-bond acceptors (Lipinski definition) is 3. The predicted octanol–water partition coefficient (Wildman–Crippen LogP) is 0.102. The molecule has 0 amide bonds. The van der Waals surface area contributed by atoms with Gasteiger partial charge in [-0.2, -0.15) is 0 Å². The highest BCUT2D eigenvalue weighted by atomic mass is 16.4. The van der Waals surface area contributed by atoms with E-state index < -0.39 is 7.12 Å². The number of nitrogen functional groups attached to an aromatic ring is 1. The summed E-state index contributed by atoms with van der Waals surface area (Å²) in [6.45, 7) is 0. The van der Waals surface area contributed by atoms with E-state index in [9.17, 15) is 0 Å². The van der Waals surface area contributed by atoms with Gasteiger partial charge in [0.15, 0.2) is 0 Å². The fourth-order valence-electron chi connectivity index (χ4n) is 1.44. The molecule has 2 rings (SSSR count). The van der Waals surface area contributed by atoms with Crippen molar-refractivity contribution in [1.29, 1.82) is 0 Å². The maximum atomic E-state index is 8.97. The Hall–Kier alpha value is -1.52. The Morgan fingerprint density at radius 1 is 0.929 bits per heavy atom. The number of rotatable bonds is 1. The summed E-state index contributed by atoms with van der Waals surface area (Å²) in [5.41, 5.74) is 6.81. The minimum atomic E-state index is -1.42. The van der Waals surface area contributed by atoms with Gasteiger partial charge in [-0.3, -0.25) is 0 Å². The number of benzene rings is 2. The Morgan fingerprint density at radius 2 is 1.57 bits per heavy atom. The van der Waals surface area contributed by atoms with E-state index in [1.807, 2.05) is 18.2 Å². The quantitative estimate of drug-likeness (QED) is 0.438. The SMILES string of the molecule is Nc1ccc2cc(B(O)O)ccc2c1. The molecule has 4 N–H and O–H groups in total. The largest absolute Gasteiger partial charge is 0.488 e. The maximum absolute atomic E-state index is 8.97. The second kappa shape index (κ2) is 3.33. The molecule has 0 radical (unpaired) electrons. The molecule has 4 heteroatoms. The lowest BCUT2D eigenvalue weighted by molar-refractivity contribution is 0.426. The Morgan fingerprint density at radius 3 is 2.29 bits per heavy atom. The number of nitrogens with two attached hydrogens (primary N) is 1. The first-order valence-corrected chi connectivity index (χ1v) is 4.32. The fourth-order valence-corrected chi connectivity index (χ4v) is 1.44. The van der Waals surface area contributed by atoms with Crippen LogP contribution in [0.15, 0.2) is 36.4 Å². The average Bonchev–Trinajstić information content (AvgIpc) is 2.16. The van der Waals surface area contributed by atoms with Gasteiger partial charge in [-0.25, -0.2) is 0 Å². The van der Waals surface area contributed by atoms with E-state index >= 15 is 0 Å². The fraction of sp³-hybridized carbons (Fsp3) is 0. The Bertz CT molecular complexity index is 471. The lowest BCUT2D eigenvalue weighted by Gasteiger charge is -2.03. The zero-order chi connectivity index (χ0) is 10.1. The first kappa shape index (κ1) is 9.06. The van der Waals surface area contributed by atoms with Gasteiger partial charge in [0.2, 0.25) is 0 Å². The first-order valence-electron chi connectivity index (χ1n) is 4.32. The summed E-state index contributed by atoms with van der Waals surface area (Å²) >= 11 is 0. The first-order chi connectivity index (χ1) is 6.66. The third-order valence-corrected chi connectivity index (χ3v) is 2.19. The van der Waals surface area contributed by atoms with Gasteiger partial charge in [0, 0.05) is 5.69 Å². The van der Waals surface area contributed by atoms with Crippen LogP contribution in [0.5, 0.6) is 0 Å². The van der Waals surface area contributed by atoms with Crippen LogP contribution in [-0.4, -0.2) is 17.2 Å². The molecular weight excluding hydrogens is 177 g/mol. The molecule has 0 fully saturated rings. The van der Waals surface area contributed by atoms with Crippen LogP contribution >= 0.6 is 0 Å². The summed E-state index contributed by atoms with van der Waals surface area (Å²) in [5, 5.41) is 19.9. The van der Waals surface area contributed by atoms with Gasteiger partial charge in [-0.05, 0) is 28.4 Å². The smallest absolute Gasteiger partial charge is 0.423 e. The minimum Gasteiger partial charge on any atom is -0.423 e. The van der Waals surface area contributed by atoms with E-state index in [4.69, 9.17) is 15.8 Å². The predicted molar refractivity (Wildman–Crippen MR) is 58.2 cm³/mol. The average molecular weight is 187 g/mol. The molecule has 14 heavy (non-hydrogen) atoms. The van der Waals surface area contributed by atoms with Crippen LogP contribution in [0, 0.1) is 0 Å². The van der Waals surface area contributed by atoms with E-state index in [-0.39, 0.29) is 0 Å². The number of anilines is 1. The van der Waals surface area contributed by atoms with E-state index in [1.165, 1.54) is 0 Å². The van der Waals surface area contributed by atoms with Crippen LogP contribution in [0.2, 0.25) is 0 Å².